The fourth-order valence-corrected chi connectivity index (χ4v) is 4.20. The van der Waals surface area contributed by atoms with Crippen molar-refractivity contribution in [3.8, 4) is 11.5 Å². The minimum absolute atomic E-state index is 0.0919. The van der Waals surface area contributed by atoms with Crippen molar-refractivity contribution in [3.05, 3.63) is 64.9 Å². The molecule has 11 heteroatoms. The van der Waals surface area contributed by atoms with Gasteiger partial charge in [-0.1, -0.05) is 46.8 Å². The van der Waals surface area contributed by atoms with E-state index in [1.165, 1.54) is 18.1 Å². The number of hydrogen-bond donors (Lipinski definition) is 1. The smallest absolute Gasteiger partial charge is 0.230 e. The number of nitrogens with zero attached hydrogens (tertiary/aromatic N) is 5. The molecule has 2 aromatic carbocycles. The van der Waals surface area contributed by atoms with Gasteiger partial charge in [-0.25, -0.2) is 14.6 Å². The van der Waals surface area contributed by atoms with Crippen LogP contribution in [0, 0.1) is 0 Å². The topological polar surface area (TPSA) is 104 Å². The molecule has 34 heavy (non-hydrogen) atoms. The number of halogens is 1. The summed E-state index contributed by atoms with van der Waals surface area (Å²) in [5.74, 6) is 1.46. The second kappa shape index (κ2) is 11.2. The number of ether oxygens (including phenoxy) is 2. The molecule has 176 valence electrons. The number of hydrogen-bond acceptors (Lipinski definition) is 8. The van der Waals surface area contributed by atoms with Crippen LogP contribution in [0.2, 0.25) is 5.02 Å². The van der Waals surface area contributed by atoms with Crippen LogP contribution < -0.4 is 14.8 Å². The summed E-state index contributed by atoms with van der Waals surface area (Å²) < 4.78 is 12.3. The number of methoxy groups -OCH3 is 2. The first-order valence-corrected chi connectivity index (χ1v) is 11.8. The van der Waals surface area contributed by atoms with Crippen molar-refractivity contribution < 1.29 is 14.3 Å². The Balaban J connectivity index is 1.32. The minimum Gasteiger partial charge on any atom is -0.493 e. The monoisotopic (exact) mass is 498 g/mol. The fraction of sp³-hybridized carbons (Fsp3) is 0.261. The molecule has 0 radical (unpaired) electrons. The van der Waals surface area contributed by atoms with Crippen LogP contribution in [-0.4, -0.2) is 57.4 Å². The molecular weight excluding hydrogens is 476 g/mol. The van der Waals surface area contributed by atoms with E-state index in [1.807, 2.05) is 42.5 Å². The SMILES string of the molecule is COc1ccc(CCNC(=O)CSc2ncnc3c2nnn3Cc2ccc(Cl)cc2)cc1OC. The van der Waals surface area contributed by atoms with E-state index in [2.05, 4.69) is 25.6 Å². The van der Waals surface area contributed by atoms with Crippen LogP contribution in [0.1, 0.15) is 11.1 Å². The Labute approximate surface area is 205 Å². The van der Waals surface area contributed by atoms with Crippen LogP contribution in [0.5, 0.6) is 11.5 Å². The lowest BCUT2D eigenvalue weighted by atomic mass is 10.1. The Hall–Kier alpha value is -3.37. The molecule has 0 saturated carbocycles. The predicted octanol–water partition coefficient (Wildman–Crippen LogP) is 3.39. The van der Waals surface area contributed by atoms with Gasteiger partial charge in [-0.15, -0.1) is 5.10 Å². The summed E-state index contributed by atoms with van der Waals surface area (Å²) in [5.41, 5.74) is 3.25. The van der Waals surface area contributed by atoms with Crippen LogP contribution in [0.4, 0.5) is 0 Å². The van der Waals surface area contributed by atoms with Gasteiger partial charge < -0.3 is 14.8 Å². The Morgan fingerprint density at radius 1 is 1.06 bits per heavy atom. The Kier molecular flexibility index (Phi) is 7.81. The summed E-state index contributed by atoms with van der Waals surface area (Å²) in [5, 5.41) is 12.7. The molecule has 0 aliphatic heterocycles. The molecule has 0 unspecified atom stereocenters. The zero-order chi connectivity index (χ0) is 23.9. The van der Waals surface area contributed by atoms with Gasteiger partial charge in [-0.05, 0) is 41.8 Å². The Morgan fingerprint density at radius 3 is 2.59 bits per heavy atom. The van der Waals surface area contributed by atoms with E-state index in [9.17, 15) is 4.79 Å². The highest BCUT2D eigenvalue weighted by atomic mass is 35.5. The van der Waals surface area contributed by atoms with E-state index in [1.54, 1.807) is 18.9 Å². The van der Waals surface area contributed by atoms with Gasteiger partial charge >= 0.3 is 0 Å². The average molecular weight is 499 g/mol. The second-order valence-electron chi connectivity index (χ2n) is 7.30. The van der Waals surface area contributed by atoms with Crippen molar-refractivity contribution in [2.24, 2.45) is 0 Å². The maximum atomic E-state index is 12.4. The summed E-state index contributed by atoms with van der Waals surface area (Å²) >= 11 is 7.26. The van der Waals surface area contributed by atoms with E-state index in [0.717, 1.165) is 11.1 Å². The van der Waals surface area contributed by atoms with E-state index in [0.29, 0.717) is 52.2 Å². The Morgan fingerprint density at radius 2 is 1.82 bits per heavy atom. The van der Waals surface area contributed by atoms with E-state index in [-0.39, 0.29) is 11.7 Å². The van der Waals surface area contributed by atoms with Gasteiger partial charge in [-0.3, -0.25) is 4.79 Å². The molecule has 0 aliphatic carbocycles. The highest BCUT2D eigenvalue weighted by Crippen LogP contribution is 2.27. The number of carbonyl (C=O) groups is 1. The molecule has 9 nitrogen and oxygen atoms in total. The molecule has 0 fully saturated rings. The van der Waals surface area contributed by atoms with Gasteiger partial charge in [0, 0.05) is 11.6 Å². The average Bonchev–Trinajstić information content (AvgIpc) is 3.27. The lowest BCUT2D eigenvalue weighted by molar-refractivity contribution is -0.118. The van der Waals surface area contributed by atoms with Gasteiger partial charge in [0.05, 0.1) is 26.5 Å². The zero-order valence-electron chi connectivity index (χ0n) is 18.7. The molecule has 4 rings (SSSR count). The number of nitrogens with one attached hydrogen (secondary N) is 1. The lowest BCUT2D eigenvalue weighted by Gasteiger charge is -2.10. The number of aromatic nitrogens is 5. The van der Waals surface area contributed by atoms with Crippen molar-refractivity contribution in [2.45, 2.75) is 18.0 Å². The van der Waals surface area contributed by atoms with Gasteiger partial charge in [0.1, 0.15) is 11.4 Å². The number of rotatable bonds is 10. The third kappa shape index (κ3) is 5.75. The third-order valence-electron chi connectivity index (χ3n) is 5.04. The first-order valence-electron chi connectivity index (χ1n) is 10.5. The number of benzene rings is 2. The molecule has 0 bridgehead atoms. The number of carbonyl (C=O) groups excluding carboxylic acids is 1. The van der Waals surface area contributed by atoms with Gasteiger partial charge in [-0.2, -0.15) is 0 Å². The summed E-state index contributed by atoms with van der Waals surface area (Å²) in [6, 6.07) is 13.2. The summed E-state index contributed by atoms with van der Waals surface area (Å²) in [6.45, 7) is 1.01. The number of amides is 1. The summed E-state index contributed by atoms with van der Waals surface area (Å²) in [6.07, 6.45) is 2.13. The molecule has 1 N–H and O–H groups in total. The molecule has 1 amide bonds. The number of thioether (sulfide) groups is 1. The maximum absolute atomic E-state index is 12.4. The third-order valence-corrected chi connectivity index (χ3v) is 6.27. The van der Waals surface area contributed by atoms with Crippen molar-refractivity contribution in [1.29, 1.82) is 0 Å². The quantitative estimate of drug-likeness (QED) is 0.262. The van der Waals surface area contributed by atoms with Gasteiger partial charge in [0.25, 0.3) is 0 Å². The van der Waals surface area contributed by atoms with Gasteiger partial charge in [0.15, 0.2) is 22.7 Å². The highest BCUT2D eigenvalue weighted by Gasteiger charge is 2.14. The minimum atomic E-state index is -0.0919. The zero-order valence-corrected chi connectivity index (χ0v) is 20.3. The molecule has 0 atom stereocenters. The van der Waals surface area contributed by atoms with Crippen molar-refractivity contribution in [3.63, 3.8) is 0 Å². The van der Waals surface area contributed by atoms with Gasteiger partial charge in [0.2, 0.25) is 5.91 Å². The van der Waals surface area contributed by atoms with Crippen molar-refractivity contribution in [1.82, 2.24) is 30.3 Å². The van der Waals surface area contributed by atoms with Crippen LogP contribution in [0.25, 0.3) is 11.2 Å². The molecule has 4 aromatic rings. The normalized spacial score (nSPS) is 10.9. The summed E-state index contributed by atoms with van der Waals surface area (Å²) in [4.78, 5) is 21.0. The van der Waals surface area contributed by atoms with Crippen LogP contribution >= 0.6 is 23.4 Å². The van der Waals surface area contributed by atoms with Crippen LogP contribution in [-0.2, 0) is 17.8 Å². The molecular formula is C23H23ClN6O3S. The van der Waals surface area contributed by atoms with E-state index in [4.69, 9.17) is 21.1 Å². The second-order valence-corrected chi connectivity index (χ2v) is 8.70. The number of fused-ring (bicyclic) bond motifs is 1. The molecule has 0 saturated heterocycles. The fourth-order valence-electron chi connectivity index (χ4n) is 3.31. The van der Waals surface area contributed by atoms with Crippen molar-refractivity contribution in [2.75, 3.05) is 26.5 Å². The van der Waals surface area contributed by atoms with Crippen LogP contribution in [0.3, 0.4) is 0 Å². The lowest BCUT2D eigenvalue weighted by Crippen LogP contribution is -2.27. The maximum Gasteiger partial charge on any atom is 0.230 e. The molecule has 2 aromatic heterocycles. The Bertz CT molecular complexity index is 1280. The first kappa shape index (κ1) is 23.8. The molecule has 0 aliphatic rings. The molecule has 0 spiro atoms. The van der Waals surface area contributed by atoms with E-state index >= 15 is 0 Å². The molecule has 2 heterocycles. The highest BCUT2D eigenvalue weighted by molar-refractivity contribution is 8.00. The largest absolute Gasteiger partial charge is 0.493 e. The van der Waals surface area contributed by atoms with Crippen molar-refractivity contribution >= 4 is 40.4 Å². The summed E-state index contributed by atoms with van der Waals surface area (Å²) in [7, 11) is 3.20. The predicted molar refractivity (Wildman–Crippen MR) is 131 cm³/mol. The standard InChI is InChI=1S/C23H23ClN6O3S/c1-32-18-8-5-15(11-19(18)33-2)9-10-25-20(31)13-34-23-21-22(26-14-27-23)30(29-28-21)12-16-3-6-17(24)7-4-16/h3-8,11,14H,9-10,12-13H2,1-2H3,(H,25,31). The van der Waals surface area contributed by atoms with E-state index < -0.39 is 0 Å². The first-order chi connectivity index (χ1) is 16.6. The van der Waals surface area contributed by atoms with Crippen LogP contribution in [0.15, 0.2) is 53.8 Å².